The topological polar surface area (TPSA) is 93.5 Å². The van der Waals surface area contributed by atoms with Crippen molar-refractivity contribution < 1.29 is 14.3 Å². The normalized spacial score (nSPS) is 11.4. The van der Waals surface area contributed by atoms with E-state index in [-0.39, 0.29) is 10.0 Å². The van der Waals surface area contributed by atoms with Crippen LogP contribution in [-0.2, 0) is 4.79 Å². The third kappa shape index (κ3) is 5.20. The van der Waals surface area contributed by atoms with Gasteiger partial charge in [-0.3, -0.25) is 10.1 Å². The molecule has 1 aromatic rings. The lowest BCUT2D eigenvalue weighted by atomic mass is 10.2. The molecule has 1 atom stereocenters. The van der Waals surface area contributed by atoms with Crippen LogP contribution in [0.1, 0.15) is 19.4 Å². The highest BCUT2D eigenvalue weighted by molar-refractivity contribution is 7.80. The zero-order chi connectivity index (χ0) is 16.0. The van der Waals surface area contributed by atoms with Gasteiger partial charge in [-0.1, -0.05) is 23.8 Å². The summed E-state index contributed by atoms with van der Waals surface area (Å²) in [7, 11) is 0. The Bertz CT molecular complexity index is 566. The van der Waals surface area contributed by atoms with Gasteiger partial charge in [-0.15, -0.1) is 0 Å². The molecule has 114 valence electrons. The Balaban J connectivity index is 2.70. The van der Waals surface area contributed by atoms with E-state index >= 15 is 0 Å². The maximum atomic E-state index is 11.7. The Hall–Kier alpha value is -1.86. The average molecular weight is 330 g/mol. The van der Waals surface area contributed by atoms with Crippen molar-refractivity contribution in [3.63, 3.8) is 0 Å². The summed E-state index contributed by atoms with van der Waals surface area (Å²) < 4.78 is 5.41. The third-order valence-electron chi connectivity index (χ3n) is 2.46. The Kier molecular flexibility index (Phi) is 6.39. The molecule has 0 aliphatic heterocycles. The number of rotatable bonds is 5. The quantitative estimate of drug-likeness (QED) is 0.713. The minimum atomic E-state index is -0.888. The molecule has 3 amide bonds. The molecular weight excluding hydrogens is 314 g/mol. The molecule has 0 saturated heterocycles. The van der Waals surface area contributed by atoms with Crippen LogP contribution in [0.4, 0.5) is 4.79 Å². The second-order valence-corrected chi connectivity index (χ2v) is 4.97. The van der Waals surface area contributed by atoms with Crippen LogP contribution in [0.15, 0.2) is 18.2 Å². The standard InChI is InChI=1S/C13H16ClN3O3S/c1-3-16-13(19)17-12(18)7(2)20-10-5-4-8(11(15)21)6-9(10)14/h4-7H,3H2,1-2H3,(H2,15,21)(H2,16,17,18,19). The van der Waals surface area contributed by atoms with Gasteiger partial charge in [-0.2, -0.15) is 0 Å². The largest absolute Gasteiger partial charge is 0.479 e. The molecule has 0 saturated carbocycles. The molecule has 1 aromatic carbocycles. The minimum absolute atomic E-state index is 0.213. The van der Waals surface area contributed by atoms with Crippen LogP contribution in [0, 0.1) is 0 Å². The van der Waals surface area contributed by atoms with Crippen LogP contribution in [0.3, 0.4) is 0 Å². The second-order valence-electron chi connectivity index (χ2n) is 4.12. The summed E-state index contributed by atoms with van der Waals surface area (Å²) >= 11 is 10.9. The first kappa shape index (κ1) is 17.2. The van der Waals surface area contributed by atoms with E-state index in [2.05, 4.69) is 10.6 Å². The fourth-order valence-corrected chi connectivity index (χ4v) is 1.76. The summed E-state index contributed by atoms with van der Waals surface area (Å²) in [4.78, 5) is 23.2. The molecule has 0 aliphatic carbocycles. The van der Waals surface area contributed by atoms with E-state index in [0.29, 0.717) is 17.9 Å². The van der Waals surface area contributed by atoms with Gasteiger partial charge in [0, 0.05) is 12.1 Å². The van der Waals surface area contributed by atoms with Gasteiger partial charge in [0.2, 0.25) is 0 Å². The number of hydrogen-bond donors (Lipinski definition) is 3. The molecule has 0 aromatic heterocycles. The number of hydrogen-bond acceptors (Lipinski definition) is 4. The zero-order valence-electron chi connectivity index (χ0n) is 11.6. The molecule has 0 aliphatic rings. The van der Waals surface area contributed by atoms with Crippen molar-refractivity contribution in [1.29, 1.82) is 0 Å². The molecule has 0 bridgehead atoms. The zero-order valence-corrected chi connectivity index (χ0v) is 13.2. The van der Waals surface area contributed by atoms with Gasteiger partial charge in [0.1, 0.15) is 10.7 Å². The Morgan fingerprint density at radius 1 is 1.48 bits per heavy atom. The number of imide groups is 1. The number of amides is 3. The summed E-state index contributed by atoms with van der Waals surface area (Å²) in [6.45, 7) is 3.67. The van der Waals surface area contributed by atoms with Crippen LogP contribution >= 0.6 is 23.8 Å². The number of halogens is 1. The number of benzene rings is 1. The van der Waals surface area contributed by atoms with Crippen LogP contribution in [0.25, 0.3) is 0 Å². The van der Waals surface area contributed by atoms with Crippen molar-refractivity contribution in [1.82, 2.24) is 10.6 Å². The van der Waals surface area contributed by atoms with E-state index in [0.717, 1.165) is 0 Å². The van der Waals surface area contributed by atoms with Gasteiger partial charge in [0.05, 0.1) is 5.02 Å². The molecule has 21 heavy (non-hydrogen) atoms. The maximum Gasteiger partial charge on any atom is 0.321 e. The van der Waals surface area contributed by atoms with Crippen molar-refractivity contribution in [2.45, 2.75) is 20.0 Å². The summed E-state index contributed by atoms with van der Waals surface area (Å²) in [6.07, 6.45) is -0.888. The first-order valence-electron chi connectivity index (χ1n) is 6.19. The van der Waals surface area contributed by atoms with Crippen molar-refractivity contribution in [3.8, 4) is 5.75 Å². The fourth-order valence-electron chi connectivity index (χ4n) is 1.41. The SMILES string of the molecule is CCNC(=O)NC(=O)C(C)Oc1ccc(C(N)=S)cc1Cl. The highest BCUT2D eigenvalue weighted by Gasteiger charge is 2.18. The number of carbonyl (C=O) groups excluding carboxylic acids is 2. The number of nitrogens with one attached hydrogen (secondary N) is 2. The van der Waals surface area contributed by atoms with Crippen LogP contribution in [0.5, 0.6) is 5.75 Å². The smallest absolute Gasteiger partial charge is 0.321 e. The van der Waals surface area contributed by atoms with E-state index in [1.165, 1.54) is 6.92 Å². The van der Waals surface area contributed by atoms with Gasteiger partial charge in [0.15, 0.2) is 6.10 Å². The van der Waals surface area contributed by atoms with Crippen molar-refractivity contribution in [2.24, 2.45) is 5.73 Å². The highest BCUT2D eigenvalue weighted by atomic mass is 35.5. The Morgan fingerprint density at radius 3 is 2.67 bits per heavy atom. The van der Waals surface area contributed by atoms with Crippen molar-refractivity contribution in [2.75, 3.05) is 6.54 Å². The first-order chi connectivity index (χ1) is 9.85. The lowest BCUT2D eigenvalue weighted by Gasteiger charge is -2.15. The predicted octanol–water partition coefficient (Wildman–Crippen LogP) is 1.59. The lowest BCUT2D eigenvalue weighted by molar-refractivity contribution is -0.126. The predicted molar refractivity (Wildman–Crippen MR) is 84.6 cm³/mol. The molecule has 0 radical (unpaired) electrons. The molecule has 1 rings (SSSR count). The number of urea groups is 1. The highest BCUT2D eigenvalue weighted by Crippen LogP contribution is 2.26. The molecule has 0 spiro atoms. The molecule has 0 heterocycles. The molecule has 4 N–H and O–H groups in total. The average Bonchev–Trinajstić information content (AvgIpc) is 2.40. The number of ether oxygens (including phenoxy) is 1. The van der Waals surface area contributed by atoms with Crippen molar-refractivity contribution >= 4 is 40.7 Å². The van der Waals surface area contributed by atoms with E-state index < -0.39 is 18.0 Å². The van der Waals surface area contributed by atoms with Crippen LogP contribution in [0.2, 0.25) is 5.02 Å². The van der Waals surface area contributed by atoms with Gasteiger partial charge >= 0.3 is 6.03 Å². The number of carbonyl (C=O) groups is 2. The Labute approximate surface area is 133 Å². The second kappa shape index (κ2) is 7.80. The molecule has 8 heteroatoms. The van der Waals surface area contributed by atoms with Crippen LogP contribution < -0.4 is 21.1 Å². The number of nitrogens with two attached hydrogens (primary N) is 1. The summed E-state index contributed by atoms with van der Waals surface area (Å²) in [5.41, 5.74) is 6.09. The molecular formula is C13H16ClN3O3S. The van der Waals surface area contributed by atoms with Crippen LogP contribution in [-0.4, -0.2) is 29.6 Å². The van der Waals surface area contributed by atoms with E-state index in [4.69, 9.17) is 34.3 Å². The lowest BCUT2D eigenvalue weighted by Crippen LogP contribution is -2.45. The van der Waals surface area contributed by atoms with Crippen molar-refractivity contribution in [3.05, 3.63) is 28.8 Å². The first-order valence-corrected chi connectivity index (χ1v) is 6.98. The van der Waals surface area contributed by atoms with E-state index in [1.807, 2.05) is 0 Å². The summed E-state index contributed by atoms with van der Waals surface area (Å²) in [5, 5.41) is 4.87. The van der Waals surface area contributed by atoms with Gasteiger partial charge in [-0.05, 0) is 32.0 Å². The third-order valence-corrected chi connectivity index (χ3v) is 2.99. The summed E-state index contributed by atoms with van der Waals surface area (Å²) in [5.74, 6) is -0.273. The molecule has 0 fully saturated rings. The molecule has 6 nitrogen and oxygen atoms in total. The van der Waals surface area contributed by atoms with E-state index in [1.54, 1.807) is 25.1 Å². The number of thiocarbonyl (C=S) groups is 1. The monoisotopic (exact) mass is 329 g/mol. The maximum absolute atomic E-state index is 11.7. The molecule has 1 unspecified atom stereocenters. The van der Waals surface area contributed by atoms with E-state index in [9.17, 15) is 9.59 Å². The Morgan fingerprint density at radius 2 is 2.14 bits per heavy atom. The van der Waals surface area contributed by atoms with Gasteiger partial charge in [-0.25, -0.2) is 4.79 Å². The summed E-state index contributed by atoms with van der Waals surface area (Å²) in [6, 6.07) is 4.17. The minimum Gasteiger partial charge on any atom is -0.479 e. The fraction of sp³-hybridized carbons (Fsp3) is 0.308. The van der Waals surface area contributed by atoms with Gasteiger partial charge < -0.3 is 15.8 Å². The van der Waals surface area contributed by atoms with Gasteiger partial charge in [0.25, 0.3) is 5.91 Å².